The first kappa shape index (κ1) is 15.3. The molecule has 1 saturated carbocycles. The molecule has 1 atom stereocenters. The maximum atomic E-state index is 4.24. The predicted octanol–water partition coefficient (Wildman–Crippen LogP) is 5.05. The van der Waals surface area contributed by atoms with Gasteiger partial charge in [0.1, 0.15) is 0 Å². The third-order valence-electron chi connectivity index (χ3n) is 3.86. The number of rotatable bonds is 8. The maximum absolute atomic E-state index is 4.24. The highest BCUT2D eigenvalue weighted by Crippen LogP contribution is 2.35. The second kappa shape index (κ2) is 6.45. The molecule has 1 aliphatic rings. The maximum Gasteiger partial charge on any atom is 0.0309 e. The molecule has 0 saturated heterocycles. The fraction of sp³-hybridized carbons (Fsp3) is 0.765. The van der Waals surface area contributed by atoms with Crippen molar-refractivity contribution in [3.05, 3.63) is 24.4 Å². The van der Waals surface area contributed by atoms with Gasteiger partial charge in [0.25, 0.3) is 0 Å². The Hall–Kier alpha value is -0.720. The van der Waals surface area contributed by atoms with Crippen molar-refractivity contribution in [1.29, 1.82) is 0 Å². The van der Waals surface area contributed by atoms with Crippen LogP contribution in [-0.4, -0.2) is 6.04 Å². The standard InChI is InChI=1S/C17H31N/c1-13(2)18-16(17(4,5)6)12-8-14(3)7-9-15-10-11-15/h15-16,18H,1,3,7-12H2,2,4-6H3. The molecule has 0 radical (unpaired) electrons. The van der Waals surface area contributed by atoms with Crippen molar-refractivity contribution < 1.29 is 0 Å². The smallest absolute Gasteiger partial charge is 0.0309 e. The molecular weight excluding hydrogens is 218 g/mol. The molecule has 18 heavy (non-hydrogen) atoms. The lowest BCUT2D eigenvalue weighted by Gasteiger charge is -2.33. The molecule has 0 aromatic heterocycles. The van der Waals surface area contributed by atoms with E-state index in [1.807, 2.05) is 6.92 Å². The van der Waals surface area contributed by atoms with E-state index in [0.29, 0.717) is 6.04 Å². The van der Waals surface area contributed by atoms with Crippen LogP contribution in [0, 0.1) is 11.3 Å². The Labute approximate surface area is 114 Å². The lowest BCUT2D eigenvalue weighted by atomic mass is 9.83. The molecule has 0 aliphatic heterocycles. The van der Waals surface area contributed by atoms with Gasteiger partial charge in [-0.1, -0.05) is 52.3 Å². The molecule has 0 aromatic carbocycles. The Bertz CT molecular complexity index is 291. The molecule has 0 bridgehead atoms. The Morgan fingerprint density at radius 1 is 1.22 bits per heavy atom. The first-order chi connectivity index (χ1) is 8.29. The molecule has 1 aliphatic carbocycles. The van der Waals surface area contributed by atoms with Crippen molar-refractivity contribution in [2.24, 2.45) is 11.3 Å². The summed E-state index contributed by atoms with van der Waals surface area (Å²) in [6.07, 6.45) is 7.82. The van der Waals surface area contributed by atoms with Gasteiger partial charge in [0.2, 0.25) is 0 Å². The number of hydrogen-bond donors (Lipinski definition) is 1. The van der Waals surface area contributed by atoms with E-state index in [1.54, 1.807) is 0 Å². The van der Waals surface area contributed by atoms with Crippen LogP contribution in [0.4, 0.5) is 0 Å². The molecule has 1 unspecified atom stereocenters. The van der Waals surface area contributed by atoms with Crippen LogP contribution in [0.2, 0.25) is 0 Å². The summed E-state index contributed by atoms with van der Waals surface area (Å²) in [6.45, 7) is 17.1. The molecule has 1 fully saturated rings. The number of allylic oxidation sites excluding steroid dienone is 2. The third kappa shape index (κ3) is 6.28. The molecule has 104 valence electrons. The fourth-order valence-corrected chi connectivity index (χ4v) is 2.31. The first-order valence-corrected chi connectivity index (χ1v) is 7.37. The normalized spacial score (nSPS) is 17.3. The molecule has 0 spiro atoms. The highest BCUT2D eigenvalue weighted by molar-refractivity contribution is 4.99. The summed E-state index contributed by atoms with van der Waals surface area (Å²) in [4.78, 5) is 0. The average molecular weight is 249 g/mol. The van der Waals surface area contributed by atoms with Crippen LogP contribution >= 0.6 is 0 Å². The van der Waals surface area contributed by atoms with Gasteiger partial charge in [0.05, 0.1) is 0 Å². The second-order valence-electron chi connectivity index (χ2n) is 7.11. The van der Waals surface area contributed by atoms with E-state index in [2.05, 4.69) is 39.2 Å². The van der Waals surface area contributed by atoms with Crippen molar-refractivity contribution in [3.63, 3.8) is 0 Å². The second-order valence-corrected chi connectivity index (χ2v) is 7.11. The molecule has 0 aromatic rings. The van der Waals surface area contributed by atoms with E-state index < -0.39 is 0 Å². The van der Waals surface area contributed by atoms with E-state index in [-0.39, 0.29) is 5.41 Å². The van der Waals surface area contributed by atoms with Crippen molar-refractivity contribution in [1.82, 2.24) is 5.32 Å². The van der Waals surface area contributed by atoms with Gasteiger partial charge in [-0.05, 0) is 43.9 Å². The van der Waals surface area contributed by atoms with Crippen LogP contribution in [-0.2, 0) is 0 Å². The van der Waals surface area contributed by atoms with Crippen LogP contribution < -0.4 is 5.32 Å². The predicted molar refractivity (Wildman–Crippen MR) is 81.5 cm³/mol. The molecule has 0 amide bonds. The van der Waals surface area contributed by atoms with Gasteiger partial charge >= 0.3 is 0 Å². The van der Waals surface area contributed by atoms with Crippen molar-refractivity contribution in [3.8, 4) is 0 Å². The van der Waals surface area contributed by atoms with Crippen molar-refractivity contribution in [2.45, 2.75) is 72.3 Å². The third-order valence-corrected chi connectivity index (χ3v) is 3.86. The number of nitrogens with one attached hydrogen (secondary N) is 1. The van der Waals surface area contributed by atoms with Crippen molar-refractivity contribution >= 4 is 0 Å². The lowest BCUT2D eigenvalue weighted by Crippen LogP contribution is -2.39. The molecule has 1 heteroatoms. The highest BCUT2D eigenvalue weighted by atomic mass is 14.9. The zero-order chi connectivity index (χ0) is 13.8. The van der Waals surface area contributed by atoms with Gasteiger partial charge in [-0.2, -0.15) is 0 Å². The summed E-state index contributed by atoms with van der Waals surface area (Å²) < 4.78 is 0. The summed E-state index contributed by atoms with van der Waals surface area (Å²) in [5, 5.41) is 3.52. The fourth-order valence-electron chi connectivity index (χ4n) is 2.31. The summed E-state index contributed by atoms with van der Waals surface area (Å²) in [6, 6.07) is 0.493. The van der Waals surface area contributed by atoms with Gasteiger partial charge in [-0.3, -0.25) is 0 Å². The summed E-state index contributed by atoms with van der Waals surface area (Å²) in [5.74, 6) is 1.02. The topological polar surface area (TPSA) is 12.0 Å². The van der Waals surface area contributed by atoms with E-state index in [9.17, 15) is 0 Å². The van der Waals surface area contributed by atoms with Crippen LogP contribution in [0.15, 0.2) is 24.4 Å². The van der Waals surface area contributed by atoms with Gasteiger partial charge < -0.3 is 5.32 Å². The van der Waals surface area contributed by atoms with Gasteiger partial charge in [0.15, 0.2) is 0 Å². The van der Waals surface area contributed by atoms with Crippen LogP contribution in [0.1, 0.15) is 66.2 Å². The van der Waals surface area contributed by atoms with E-state index in [0.717, 1.165) is 18.0 Å². The zero-order valence-corrected chi connectivity index (χ0v) is 12.8. The largest absolute Gasteiger partial charge is 0.386 e. The van der Waals surface area contributed by atoms with E-state index >= 15 is 0 Å². The average Bonchev–Trinajstić information content (AvgIpc) is 3.02. The lowest BCUT2D eigenvalue weighted by molar-refractivity contribution is 0.269. The quantitative estimate of drug-likeness (QED) is 0.593. The Morgan fingerprint density at radius 2 is 1.83 bits per heavy atom. The monoisotopic (exact) mass is 249 g/mol. The van der Waals surface area contributed by atoms with Crippen LogP contribution in [0.25, 0.3) is 0 Å². The van der Waals surface area contributed by atoms with Crippen LogP contribution in [0.3, 0.4) is 0 Å². The minimum absolute atomic E-state index is 0.274. The Morgan fingerprint density at radius 3 is 2.28 bits per heavy atom. The SMILES string of the molecule is C=C(CCC1CC1)CCC(NC(=C)C)C(C)(C)C. The van der Waals surface area contributed by atoms with Gasteiger partial charge in [-0.25, -0.2) is 0 Å². The van der Waals surface area contributed by atoms with Gasteiger partial charge in [-0.15, -0.1) is 0 Å². The molecular formula is C17H31N. The summed E-state index contributed by atoms with van der Waals surface area (Å²) in [7, 11) is 0. The highest BCUT2D eigenvalue weighted by Gasteiger charge is 2.24. The molecule has 1 N–H and O–H groups in total. The van der Waals surface area contributed by atoms with Crippen LogP contribution in [0.5, 0.6) is 0 Å². The molecule has 0 heterocycles. The minimum Gasteiger partial charge on any atom is -0.386 e. The summed E-state index contributed by atoms with van der Waals surface area (Å²) >= 11 is 0. The van der Waals surface area contributed by atoms with Gasteiger partial charge in [0, 0.05) is 11.7 Å². The van der Waals surface area contributed by atoms with E-state index in [4.69, 9.17) is 0 Å². The van der Waals surface area contributed by atoms with Crippen molar-refractivity contribution in [2.75, 3.05) is 0 Å². The first-order valence-electron chi connectivity index (χ1n) is 7.37. The number of hydrogen-bond acceptors (Lipinski definition) is 1. The summed E-state index contributed by atoms with van der Waals surface area (Å²) in [5.41, 5.74) is 2.77. The van der Waals surface area contributed by atoms with E-state index in [1.165, 1.54) is 37.7 Å². The minimum atomic E-state index is 0.274. The molecule has 1 rings (SSSR count). The zero-order valence-electron chi connectivity index (χ0n) is 12.8. The Kier molecular flexibility index (Phi) is 5.49. The Balaban J connectivity index is 2.30. The molecule has 1 nitrogen and oxygen atoms in total.